The molecule has 0 aliphatic heterocycles. The fourth-order valence-electron chi connectivity index (χ4n) is 3.73. The van der Waals surface area contributed by atoms with Gasteiger partial charge < -0.3 is 9.30 Å². The van der Waals surface area contributed by atoms with Crippen LogP contribution in [0.3, 0.4) is 0 Å². The lowest BCUT2D eigenvalue weighted by atomic mass is 10.1. The number of carbonyl (C=O) groups is 1. The normalized spacial score (nSPS) is 11.3. The van der Waals surface area contributed by atoms with Gasteiger partial charge in [0.1, 0.15) is 5.75 Å². The Morgan fingerprint density at radius 3 is 2.58 bits per heavy atom. The van der Waals surface area contributed by atoms with Gasteiger partial charge in [0.2, 0.25) is 0 Å². The van der Waals surface area contributed by atoms with E-state index in [4.69, 9.17) is 27.9 Å². The van der Waals surface area contributed by atoms with E-state index >= 15 is 0 Å². The number of benzene rings is 3. The summed E-state index contributed by atoms with van der Waals surface area (Å²) in [5.74, 6) is 0.436. The molecule has 0 fully saturated rings. The van der Waals surface area contributed by atoms with Crippen molar-refractivity contribution in [3.05, 3.63) is 99.2 Å². The van der Waals surface area contributed by atoms with Gasteiger partial charge in [-0.3, -0.25) is 4.79 Å². The molecule has 0 spiro atoms. The zero-order valence-corrected chi connectivity index (χ0v) is 19.8. The third kappa shape index (κ3) is 5.05. The molecule has 5 nitrogen and oxygen atoms in total. The van der Waals surface area contributed by atoms with E-state index in [1.54, 1.807) is 36.5 Å². The Balaban J connectivity index is 1.58. The van der Waals surface area contributed by atoms with Gasteiger partial charge in [-0.1, -0.05) is 47.5 Å². The summed E-state index contributed by atoms with van der Waals surface area (Å²) < 4.78 is 7.59. The zero-order chi connectivity index (χ0) is 23.4. The van der Waals surface area contributed by atoms with Gasteiger partial charge in [-0.15, -0.1) is 0 Å². The maximum Gasteiger partial charge on any atom is 0.271 e. The Bertz CT molecular complexity index is 1330. The van der Waals surface area contributed by atoms with Crippen LogP contribution < -0.4 is 10.2 Å². The topological polar surface area (TPSA) is 55.6 Å². The molecule has 7 heteroatoms. The standard InChI is InChI=1S/C26H23Cl2N3O2/c1-3-33-21-12-9-18(10-13-21)26(32)30-29-15-23-17(2)31(25-7-5-4-6-22(23)25)16-19-8-11-20(27)14-24(19)28/h4-15H,3,16H2,1-2H3,(H,30,32)/b29-15+. The minimum absolute atomic E-state index is 0.288. The number of fused-ring (bicyclic) bond motifs is 1. The van der Waals surface area contributed by atoms with Crippen molar-refractivity contribution < 1.29 is 9.53 Å². The van der Waals surface area contributed by atoms with Crippen LogP contribution in [0.1, 0.15) is 34.1 Å². The number of amides is 1. The number of nitrogens with one attached hydrogen (secondary N) is 1. The van der Waals surface area contributed by atoms with E-state index in [0.29, 0.717) is 28.8 Å². The predicted molar refractivity (Wildman–Crippen MR) is 135 cm³/mol. The summed E-state index contributed by atoms with van der Waals surface area (Å²) in [5, 5.41) is 6.49. The lowest BCUT2D eigenvalue weighted by Crippen LogP contribution is -2.17. The van der Waals surface area contributed by atoms with Crippen molar-refractivity contribution in [2.45, 2.75) is 20.4 Å². The Kier molecular flexibility index (Phi) is 7.02. The number of hydrogen-bond donors (Lipinski definition) is 1. The van der Waals surface area contributed by atoms with Gasteiger partial charge in [0, 0.05) is 44.3 Å². The predicted octanol–water partition coefficient (Wildman–Crippen LogP) is 6.47. The Morgan fingerprint density at radius 1 is 1.09 bits per heavy atom. The molecular formula is C26H23Cl2N3O2. The van der Waals surface area contributed by atoms with Gasteiger partial charge in [0.05, 0.1) is 12.8 Å². The van der Waals surface area contributed by atoms with Crippen LogP contribution in [-0.2, 0) is 6.54 Å². The summed E-state index contributed by atoms with van der Waals surface area (Å²) in [6.45, 7) is 5.11. The average molecular weight is 480 g/mol. The number of nitrogens with zero attached hydrogens (tertiary/aromatic N) is 2. The van der Waals surface area contributed by atoms with Gasteiger partial charge in [-0.05, 0) is 61.9 Å². The highest BCUT2D eigenvalue weighted by Crippen LogP contribution is 2.28. The molecule has 1 amide bonds. The quantitative estimate of drug-likeness (QED) is 0.244. The largest absolute Gasteiger partial charge is 0.494 e. The molecule has 1 aromatic heterocycles. The average Bonchev–Trinajstić information content (AvgIpc) is 3.07. The highest BCUT2D eigenvalue weighted by molar-refractivity contribution is 6.35. The summed E-state index contributed by atoms with van der Waals surface area (Å²) in [7, 11) is 0. The Hall–Kier alpha value is -3.28. The Morgan fingerprint density at radius 2 is 1.85 bits per heavy atom. The summed E-state index contributed by atoms with van der Waals surface area (Å²) in [4.78, 5) is 12.5. The molecule has 3 aromatic carbocycles. The van der Waals surface area contributed by atoms with E-state index in [9.17, 15) is 4.79 Å². The van der Waals surface area contributed by atoms with Crippen molar-refractivity contribution >= 4 is 46.2 Å². The van der Waals surface area contributed by atoms with Gasteiger partial charge in [-0.2, -0.15) is 5.10 Å². The lowest BCUT2D eigenvalue weighted by molar-refractivity contribution is 0.0955. The molecule has 0 aliphatic rings. The van der Waals surface area contributed by atoms with Crippen LogP contribution in [0.2, 0.25) is 10.0 Å². The number of ether oxygens (including phenoxy) is 1. The van der Waals surface area contributed by atoms with Crippen molar-refractivity contribution in [2.75, 3.05) is 6.61 Å². The van der Waals surface area contributed by atoms with Crippen LogP contribution in [0.4, 0.5) is 0 Å². The molecule has 0 saturated carbocycles. The number of hydrogen-bond acceptors (Lipinski definition) is 3. The third-order valence-electron chi connectivity index (χ3n) is 5.41. The second kappa shape index (κ2) is 10.1. The van der Waals surface area contributed by atoms with Gasteiger partial charge in [0.15, 0.2) is 0 Å². The maximum absolute atomic E-state index is 12.5. The first kappa shape index (κ1) is 22.9. The van der Waals surface area contributed by atoms with Crippen LogP contribution in [0, 0.1) is 6.92 Å². The molecule has 0 unspecified atom stereocenters. The first-order chi connectivity index (χ1) is 16.0. The third-order valence-corrected chi connectivity index (χ3v) is 6.00. The fourth-order valence-corrected chi connectivity index (χ4v) is 4.20. The van der Waals surface area contributed by atoms with Crippen LogP contribution in [0.25, 0.3) is 10.9 Å². The summed E-state index contributed by atoms with van der Waals surface area (Å²) in [6.07, 6.45) is 1.68. The molecular weight excluding hydrogens is 457 g/mol. The van der Waals surface area contributed by atoms with Crippen molar-refractivity contribution in [3.63, 3.8) is 0 Å². The highest BCUT2D eigenvalue weighted by atomic mass is 35.5. The summed E-state index contributed by atoms with van der Waals surface area (Å²) in [6, 6.07) is 20.5. The second-order valence-corrected chi connectivity index (χ2v) is 8.34. The van der Waals surface area contributed by atoms with E-state index in [1.165, 1.54) is 0 Å². The van der Waals surface area contributed by atoms with Crippen LogP contribution in [0.15, 0.2) is 71.8 Å². The number of para-hydroxylation sites is 1. The minimum Gasteiger partial charge on any atom is -0.494 e. The number of rotatable bonds is 7. The van der Waals surface area contributed by atoms with Crippen LogP contribution >= 0.6 is 23.2 Å². The molecule has 0 aliphatic carbocycles. The fraction of sp³-hybridized carbons (Fsp3) is 0.154. The lowest BCUT2D eigenvalue weighted by Gasteiger charge is -2.10. The molecule has 4 rings (SSSR count). The van der Waals surface area contributed by atoms with Crippen molar-refractivity contribution in [1.29, 1.82) is 0 Å². The van der Waals surface area contributed by atoms with Gasteiger partial charge >= 0.3 is 0 Å². The van der Waals surface area contributed by atoms with E-state index in [2.05, 4.69) is 21.2 Å². The molecule has 0 atom stereocenters. The molecule has 0 radical (unpaired) electrons. The Labute approximate surface area is 202 Å². The molecule has 168 valence electrons. The van der Waals surface area contributed by atoms with Crippen molar-refractivity contribution in [3.8, 4) is 5.75 Å². The molecule has 0 saturated heterocycles. The summed E-state index contributed by atoms with van der Waals surface area (Å²) >= 11 is 12.5. The monoisotopic (exact) mass is 479 g/mol. The van der Waals surface area contributed by atoms with Gasteiger partial charge in [0.25, 0.3) is 5.91 Å². The van der Waals surface area contributed by atoms with Gasteiger partial charge in [-0.25, -0.2) is 5.43 Å². The molecule has 1 N–H and O–H groups in total. The SMILES string of the molecule is CCOc1ccc(C(=O)N/N=C/c2c(C)n(Cc3ccc(Cl)cc3Cl)c3ccccc23)cc1. The zero-order valence-electron chi connectivity index (χ0n) is 18.3. The second-order valence-electron chi connectivity index (χ2n) is 7.49. The number of hydrazone groups is 1. The summed E-state index contributed by atoms with van der Waals surface area (Å²) in [5.41, 5.74) is 7.09. The van der Waals surface area contributed by atoms with Crippen LogP contribution in [0.5, 0.6) is 5.75 Å². The highest BCUT2D eigenvalue weighted by Gasteiger charge is 2.14. The first-order valence-corrected chi connectivity index (χ1v) is 11.3. The number of carbonyl (C=O) groups excluding carboxylic acids is 1. The molecule has 33 heavy (non-hydrogen) atoms. The molecule has 0 bridgehead atoms. The molecule has 1 heterocycles. The maximum atomic E-state index is 12.5. The number of halogens is 2. The van der Waals surface area contributed by atoms with Crippen molar-refractivity contribution in [1.82, 2.24) is 9.99 Å². The van der Waals surface area contributed by atoms with E-state index < -0.39 is 0 Å². The van der Waals surface area contributed by atoms with Crippen LogP contribution in [-0.4, -0.2) is 23.3 Å². The van der Waals surface area contributed by atoms with E-state index in [0.717, 1.165) is 33.5 Å². The minimum atomic E-state index is -0.288. The first-order valence-electron chi connectivity index (χ1n) is 10.6. The van der Waals surface area contributed by atoms with E-state index in [-0.39, 0.29) is 5.91 Å². The smallest absolute Gasteiger partial charge is 0.271 e. The molecule has 4 aromatic rings. The number of aromatic nitrogens is 1. The van der Waals surface area contributed by atoms with E-state index in [1.807, 2.05) is 44.2 Å². The van der Waals surface area contributed by atoms with Crippen molar-refractivity contribution in [2.24, 2.45) is 5.10 Å².